The highest BCUT2D eigenvalue weighted by Gasteiger charge is 2.31. The first-order valence-electron chi connectivity index (χ1n) is 15.9. The molecule has 0 radical (unpaired) electrons. The van der Waals surface area contributed by atoms with E-state index in [2.05, 4.69) is 20.6 Å². The minimum atomic E-state index is -0.577. The monoisotopic (exact) mass is 665 g/mol. The number of methoxy groups -OCH3 is 2. The molecule has 0 spiro atoms. The zero-order chi connectivity index (χ0) is 34.5. The summed E-state index contributed by atoms with van der Waals surface area (Å²) in [6, 6.07) is 19.7. The molecule has 2 amide bonds. The van der Waals surface area contributed by atoms with Crippen LogP contribution in [0, 0.1) is 0 Å². The first kappa shape index (κ1) is 33.1. The number of carbonyl (C=O) groups excluding carboxylic acids is 2. The summed E-state index contributed by atoms with van der Waals surface area (Å²) in [5.41, 5.74) is 1.49. The summed E-state index contributed by atoms with van der Waals surface area (Å²) in [5.74, 6) is 3.06. The van der Waals surface area contributed by atoms with Crippen molar-refractivity contribution in [2.45, 2.75) is 45.4 Å². The molecular weight excluding hydrogens is 626 g/mol. The molecule has 5 aromatic rings. The van der Waals surface area contributed by atoms with Crippen LogP contribution in [0.2, 0.25) is 0 Å². The van der Waals surface area contributed by atoms with Crippen LogP contribution in [0.15, 0.2) is 79.1 Å². The number of amides is 2. The molecular formula is C36H39N7O6. The number of benzene rings is 2. The van der Waals surface area contributed by atoms with E-state index in [4.69, 9.17) is 24.0 Å². The van der Waals surface area contributed by atoms with E-state index in [1.807, 2.05) is 49.7 Å². The Morgan fingerprint density at radius 2 is 1.61 bits per heavy atom. The van der Waals surface area contributed by atoms with Gasteiger partial charge in [-0.1, -0.05) is 12.1 Å². The lowest BCUT2D eigenvalue weighted by molar-refractivity contribution is 0.0293. The second-order valence-electron chi connectivity index (χ2n) is 12.6. The van der Waals surface area contributed by atoms with E-state index < -0.39 is 5.60 Å². The maximum absolute atomic E-state index is 12.9. The van der Waals surface area contributed by atoms with Crippen LogP contribution in [-0.4, -0.2) is 75.6 Å². The number of hydrogen-bond acceptors (Lipinski definition) is 10. The van der Waals surface area contributed by atoms with Crippen LogP contribution in [0.3, 0.4) is 0 Å². The molecule has 6 rings (SSSR count). The van der Waals surface area contributed by atoms with E-state index in [0.717, 1.165) is 17.7 Å². The topological polar surface area (TPSA) is 142 Å². The number of rotatable bonds is 10. The highest BCUT2D eigenvalue weighted by molar-refractivity contribution is 6.04. The molecule has 2 N–H and O–H groups in total. The third-order valence-corrected chi connectivity index (χ3v) is 7.82. The standard InChI is InChI=1S/C36H39N7O6/c1-36(2,3)49-35(45)42-19-16-25(22-42)39-32-31-29(15-18-38-33(31)43(41-32)21-23-6-10-26(46-4)11-7-23)48-27-12-8-24(9-13-27)34(44)40-30-20-28(47-5)14-17-37-30/h6-15,17-18,20,25H,16,19,21-22H2,1-5H3,(H,39,41)(H,37,40,44). The lowest BCUT2D eigenvalue weighted by Gasteiger charge is -2.24. The van der Waals surface area contributed by atoms with Gasteiger partial charge < -0.3 is 34.5 Å². The molecule has 4 heterocycles. The van der Waals surface area contributed by atoms with E-state index in [9.17, 15) is 9.59 Å². The summed E-state index contributed by atoms with van der Waals surface area (Å²) in [4.78, 5) is 36.2. The third-order valence-electron chi connectivity index (χ3n) is 7.82. The van der Waals surface area contributed by atoms with Crippen molar-refractivity contribution in [1.82, 2.24) is 24.6 Å². The molecule has 13 heteroatoms. The minimum absolute atomic E-state index is 0.0648. The highest BCUT2D eigenvalue weighted by atomic mass is 16.6. The third kappa shape index (κ3) is 8.00. The second-order valence-corrected chi connectivity index (χ2v) is 12.6. The van der Waals surface area contributed by atoms with E-state index >= 15 is 0 Å². The van der Waals surface area contributed by atoms with Gasteiger partial charge in [-0.15, -0.1) is 0 Å². The molecule has 1 aliphatic rings. The van der Waals surface area contributed by atoms with E-state index in [-0.39, 0.29) is 18.0 Å². The first-order chi connectivity index (χ1) is 23.6. The van der Waals surface area contributed by atoms with Crippen molar-refractivity contribution in [1.29, 1.82) is 0 Å². The van der Waals surface area contributed by atoms with Gasteiger partial charge in [-0.3, -0.25) is 4.79 Å². The quantitative estimate of drug-likeness (QED) is 0.173. The molecule has 1 fully saturated rings. The molecule has 2 aromatic carbocycles. The molecule has 49 heavy (non-hydrogen) atoms. The Morgan fingerprint density at radius 1 is 0.898 bits per heavy atom. The molecule has 0 aliphatic carbocycles. The van der Waals surface area contributed by atoms with Crippen molar-refractivity contribution < 1.29 is 28.5 Å². The van der Waals surface area contributed by atoms with Gasteiger partial charge >= 0.3 is 6.09 Å². The van der Waals surface area contributed by atoms with Crippen LogP contribution in [0.5, 0.6) is 23.0 Å². The Balaban J connectivity index is 1.25. The van der Waals surface area contributed by atoms with E-state index in [1.54, 1.807) is 74.0 Å². The molecule has 3 aromatic heterocycles. The summed E-state index contributed by atoms with van der Waals surface area (Å²) in [6.07, 6.45) is 3.62. The van der Waals surface area contributed by atoms with Gasteiger partial charge in [-0.05, 0) is 75.2 Å². The molecule has 0 saturated carbocycles. The van der Waals surface area contributed by atoms with Crippen LogP contribution in [-0.2, 0) is 11.3 Å². The minimum Gasteiger partial charge on any atom is -0.497 e. The molecule has 1 aliphatic heterocycles. The van der Waals surface area contributed by atoms with Gasteiger partial charge in [-0.25, -0.2) is 19.4 Å². The van der Waals surface area contributed by atoms with Gasteiger partial charge in [0.2, 0.25) is 0 Å². The van der Waals surface area contributed by atoms with Crippen LogP contribution in [0.4, 0.5) is 16.4 Å². The first-order valence-corrected chi connectivity index (χ1v) is 15.9. The predicted octanol–water partition coefficient (Wildman–Crippen LogP) is 6.36. The Kier molecular flexibility index (Phi) is 9.51. The van der Waals surface area contributed by atoms with Crippen molar-refractivity contribution >= 4 is 34.7 Å². The van der Waals surface area contributed by atoms with Crippen LogP contribution in [0.25, 0.3) is 11.0 Å². The van der Waals surface area contributed by atoms with Crippen LogP contribution in [0.1, 0.15) is 43.1 Å². The van der Waals surface area contributed by atoms with Crippen LogP contribution >= 0.6 is 0 Å². The average Bonchev–Trinajstić information content (AvgIpc) is 3.70. The number of carbonyl (C=O) groups is 2. The van der Waals surface area contributed by atoms with Gasteiger partial charge in [-0.2, -0.15) is 5.10 Å². The largest absolute Gasteiger partial charge is 0.497 e. The van der Waals surface area contributed by atoms with Crippen molar-refractivity contribution in [3.8, 4) is 23.0 Å². The van der Waals surface area contributed by atoms with Crippen molar-refractivity contribution in [2.24, 2.45) is 0 Å². The number of hydrogen-bond donors (Lipinski definition) is 2. The average molecular weight is 666 g/mol. The molecule has 1 atom stereocenters. The number of aromatic nitrogens is 4. The van der Waals surface area contributed by atoms with E-state index in [1.165, 1.54) is 0 Å². The zero-order valence-corrected chi connectivity index (χ0v) is 28.1. The smallest absolute Gasteiger partial charge is 0.410 e. The van der Waals surface area contributed by atoms with Gasteiger partial charge in [0.1, 0.15) is 39.8 Å². The fourth-order valence-electron chi connectivity index (χ4n) is 5.43. The Bertz CT molecular complexity index is 1940. The van der Waals surface area contributed by atoms with Gasteiger partial charge in [0.05, 0.1) is 20.8 Å². The Morgan fingerprint density at radius 3 is 2.33 bits per heavy atom. The van der Waals surface area contributed by atoms with Crippen molar-refractivity contribution in [3.63, 3.8) is 0 Å². The molecule has 1 unspecified atom stereocenters. The normalized spacial score (nSPS) is 14.4. The van der Waals surface area contributed by atoms with Crippen molar-refractivity contribution in [3.05, 3.63) is 90.3 Å². The van der Waals surface area contributed by atoms with Gasteiger partial charge in [0.25, 0.3) is 5.91 Å². The fourth-order valence-corrected chi connectivity index (χ4v) is 5.43. The molecule has 1 saturated heterocycles. The Hall–Kier alpha value is -5.85. The maximum atomic E-state index is 12.9. The maximum Gasteiger partial charge on any atom is 0.410 e. The predicted molar refractivity (Wildman–Crippen MR) is 185 cm³/mol. The second kappa shape index (κ2) is 14.1. The highest BCUT2D eigenvalue weighted by Crippen LogP contribution is 2.35. The van der Waals surface area contributed by atoms with Crippen LogP contribution < -0.4 is 24.8 Å². The summed E-state index contributed by atoms with van der Waals surface area (Å²) >= 11 is 0. The number of likely N-dealkylation sites (tertiary alicyclic amines) is 1. The molecule has 13 nitrogen and oxygen atoms in total. The summed E-state index contributed by atoms with van der Waals surface area (Å²) < 4.78 is 24.3. The zero-order valence-electron chi connectivity index (χ0n) is 28.1. The number of nitrogens with one attached hydrogen (secondary N) is 2. The van der Waals surface area contributed by atoms with Gasteiger partial charge in [0, 0.05) is 49.2 Å². The number of anilines is 2. The number of nitrogens with zero attached hydrogens (tertiary/aromatic N) is 5. The lowest BCUT2D eigenvalue weighted by Crippen LogP contribution is -2.36. The van der Waals surface area contributed by atoms with Crippen molar-refractivity contribution in [2.75, 3.05) is 37.9 Å². The molecule has 254 valence electrons. The lowest BCUT2D eigenvalue weighted by atomic mass is 10.2. The number of fused-ring (bicyclic) bond motifs is 1. The summed E-state index contributed by atoms with van der Waals surface area (Å²) in [7, 11) is 3.19. The number of ether oxygens (including phenoxy) is 4. The molecule has 0 bridgehead atoms. The SMILES string of the molecule is COc1ccc(Cn2nc(NC3CCN(C(=O)OC(C)(C)C)C3)c3c(Oc4ccc(C(=O)Nc5cc(OC)ccn5)cc4)ccnc32)cc1. The van der Waals surface area contributed by atoms with E-state index in [0.29, 0.717) is 65.1 Å². The summed E-state index contributed by atoms with van der Waals surface area (Å²) in [5, 5.41) is 12.0. The number of pyridine rings is 2. The Labute approximate surface area is 284 Å². The summed E-state index contributed by atoms with van der Waals surface area (Å²) in [6.45, 7) is 7.05. The van der Waals surface area contributed by atoms with Gasteiger partial charge in [0.15, 0.2) is 11.5 Å². The fraction of sp³-hybridized carbons (Fsp3) is 0.306.